The lowest BCUT2D eigenvalue weighted by Gasteiger charge is -2.09. The molecule has 102 valence electrons. The van der Waals surface area contributed by atoms with Crippen LogP contribution >= 0.6 is 34.8 Å². The van der Waals surface area contributed by atoms with Crippen LogP contribution in [-0.4, -0.2) is 22.4 Å². The first-order valence-electron chi connectivity index (χ1n) is 5.16. The van der Waals surface area contributed by atoms with Crippen LogP contribution in [0.1, 0.15) is 5.56 Å². The van der Waals surface area contributed by atoms with Crippen molar-refractivity contribution in [1.29, 1.82) is 0 Å². The van der Waals surface area contributed by atoms with Gasteiger partial charge in [0.2, 0.25) is 0 Å². The second-order valence-electron chi connectivity index (χ2n) is 3.36. The first-order valence-corrected chi connectivity index (χ1v) is 6.29. The molecule has 0 spiro atoms. The first-order chi connectivity index (χ1) is 8.89. The van der Waals surface area contributed by atoms with Crippen LogP contribution in [0.3, 0.4) is 0 Å². The van der Waals surface area contributed by atoms with Crippen molar-refractivity contribution in [3.8, 4) is 0 Å². The quantitative estimate of drug-likeness (QED) is 0.869. The van der Waals surface area contributed by atoms with Gasteiger partial charge in [-0.2, -0.15) is 0 Å². The third-order valence-corrected chi connectivity index (χ3v) is 2.41. The predicted molar refractivity (Wildman–Crippen MR) is 75.3 cm³/mol. The Hall–Kier alpha value is -1.23. The van der Waals surface area contributed by atoms with E-state index in [-0.39, 0.29) is 6.61 Å². The Morgan fingerprint density at radius 2 is 1.84 bits per heavy atom. The summed E-state index contributed by atoms with van der Waals surface area (Å²) in [7, 11) is 0. The van der Waals surface area contributed by atoms with Gasteiger partial charge < -0.3 is 4.74 Å². The summed E-state index contributed by atoms with van der Waals surface area (Å²) < 4.78 is 2.50. The zero-order valence-electron chi connectivity index (χ0n) is 9.61. The summed E-state index contributed by atoms with van der Waals surface area (Å²) in [4.78, 5) is 22.3. The van der Waals surface area contributed by atoms with Crippen LogP contribution in [0.2, 0.25) is 0 Å². The first kappa shape index (κ1) is 15.8. The summed E-state index contributed by atoms with van der Waals surface area (Å²) in [6.45, 7) is -0.00609. The summed E-state index contributed by atoms with van der Waals surface area (Å²) in [5.74, 6) is -1.06. The molecule has 0 heterocycles. The molecule has 1 aromatic rings. The van der Waals surface area contributed by atoms with Crippen molar-refractivity contribution >= 4 is 52.9 Å². The van der Waals surface area contributed by atoms with Crippen LogP contribution in [0.4, 0.5) is 4.79 Å². The zero-order chi connectivity index (χ0) is 14.3. The monoisotopic (exact) mass is 321 g/mol. The van der Waals surface area contributed by atoms with Gasteiger partial charge in [-0.25, -0.2) is 4.79 Å². The molecule has 0 unspecified atom stereocenters. The number of alkyl halides is 3. The maximum absolute atomic E-state index is 11.1. The third-order valence-electron chi connectivity index (χ3n) is 1.89. The fourth-order valence-electron chi connectivity index (χ4n) is 1.07. The normalized spacial score (nSPS) is 11.3. The van der Waals surface area contributed by atoms with E-state index in [2.05, 4.69) is 0 Å². The highest BCUT2D eigenvalue weighted by atomic mass is 35.6. The Bertz CT molecular complexity index is 469. The number of benzene rings is 1. The standard InChI is InChI=1S/C12H10Cl3NO3/c13-12(14,15)10(17)16-11(18)19-8-4-7-9-5-2-1-3-6-9/h1-7H,8H2,(H,16,17,18)/b7-4+. The van der Waals surface area contributed by atoms with E-state index in [1.165, 1.54) is 0 Å². The molecule has 0 aliphatic heterocycles. The second kappa shape index (κ2) is 7.38. The van der Waals surface area contributed by atoms with E-state index in [9.17, 15) is 9.59 Å². The van der Waals surface area contributed by atoms with Crippen LogP contribution < -0.4 is 5.32 Å². The largest absolute Gasteiger partial charge is 0.445 e. The predicted octanol–water partition coefficient (Wildman–Crippen LogP) is 3.32. The molecule has 0 bridgehead atoms. The SMILES string of the molecule is O=C(NC(=O)C(Cl)(Cl)Cl)OC/C=C/c1ccccc1. The Morgan fingerprint density at radius 1 is 1.21 bits per heavy atom. The molecule has 0 radical (unpaired) electrons. The van der Waals surface area contributed by atoms with Gasteiger partial charge in [-0.15, -0.1) is 0 Å². The average Bonchev–Trinajstić information content (AvgIpc) is 2.35. The number of carbonyl (C=O) groups excluding carboxylic acids is 2. The van der Waals surface area contributed by atoms with E-state index in [4.69, 9.17) is 39.5 Å². The lowest BCUT2D eigenvalue weighted by atomic mass is 10.2. The summed E-state index contributed by atoms with van der Waals surface area (Å²) >= 11 is 15.8. The van der Waals surface area contributed by atoms with E-state index < -0.39 is 15.8 Å². The number of imide groups is 1. The topological polar surface area (TPSA) is 55.4 Å². The van der Waals surface area contributed by atoms with Crippen LogP contribution in [-0.2, 0) is 9.53 Å². The van der Waals surface area contributed by atoms with Crippen molar-refractivity contribution in [3.05, 3.63) is 42.0 Å². The van der Waals surface area contributed by atoms with E-state index in [1.54, 1.807) is 17.5 Å². The molecule has 0 saturated carbocycles. The minimum absolute atomic E-state index is 0.00609. The number of hydrogen-bond acceptors (Lipinski definition) is 3. The van der Waals surface area contributed by atoms with E-state index in [0.29, 0.717) is 0 Å². The molecule has 0 aliphatic carbocycles. The van der Waals surface area contributed by atoms with Crippen LogP contribution in [0.15, 0.2) is 36.4 Å². The maximum Gasteiger partial charge on any atom is 0.414 e. The number of alkyl carbamates (subject to hydrolysis) is 1. The van der Waals surface area contributed by atoms with Gasteiger partial charge in [0, 0.05) is 0 Å². The Balaban J connectivity index is 2.32. The number of rotatable bonds is 3. The van der Waals surface area contributed by atoms with Gasteiger partial charge >= 0.3 is 6.09 Å². The fourth-order valence-corrected chi connectivity index (χ4v) is 1.21. The molecule has 1 N–H and O–H groups in total. The maximum atomic E-state index is 11.1. The highest BCUT2D eigenvalue weighted by Crippen LogP contribution is 2.25. The van der Waals surface area contributed by atoms with E-state index >= 15 is 0 Å². The van der Waals surface area contributed by atoms with Gasteiger partial charge in [0.05, 0.1) is 0 Å². The summed E-state index contributed by atoms with van der Waals surface area (Å²) in [6, 6.07) is 9.44. The zero-order valence-corrected chi connectivity index (χ0v) is 11.9. The molecule has 0 atom stereocenters. The number of nitrogens with one attached hydrogen (secondary N) is 1. The Kier molecular flexibility index (Phi) is 6.15. The van der Waals surface area contributed by atoms with Crippen molar-refractivity contribution in [2.45, 2.75) is 3.79 Å². The number of amides is 2. The molecule has 4 nitrogen and oxygen atoms in total. The van der Waals surface area contributed by atoms with Gasteiger partial charge in [-0.05, 0) is 11.6 Å². The number of hydrogen-bond donors (Lipinski definition) is 1. The number of carbonyl (C=O) groups is 2. The van der Waals surface area contributed by atoms with Crippen molar-refractivity contribution in [1.82, 2.24) is 5.32 Å². The van der Waals surface area contributed by atoms with Crippen LogP contribution in [0.25, 0.3) is 6.08 Å². The van der Waals surface area contributed by atoms with Crippen LogP contribution in [0, 0.1) is 0 Å². The lowest BCUT2D eigenvalue weighted by Crippen LogP contribution is -2.39. The number of halogens is 3. The molecule has 7 heteroatoms. The summed E-state index contributed by atoms with van der Waals surface area (Å²) in [6.07, 6.45) is 2.41. The van der Waals surface area contributed by atoms with Gasteiger partial charge in [0.25, 0.3) is 9.70 Å². The second-order valence-corrected chi connectivity index (χ2v) is 5.64. The smallest absolute Gasteiger partial charge is 0.414 e. The average molecular weight is 323 g/mol. The molecular formula is C12H10Cl3NO3. The van der Waals surface area contributed by atoms with E-state index in [0.717, 1.165) is 5.56 Å². The molecule has 1 aromatic carbocycles. The molecule has 0 aromatic heterocycles. The molecule has 0 aliphatic rings. The molecule has 2 amide bonds. The Morgan fingerprint density at radius 3 is 2.42 bits per heavy atom. The highest BCUT2D eigenvalue weighted by Gasteiger charge is 2.32. The summed E-state index contributed by atoms with van der Waals surface area (Å²) in [5.41, 5.74) is 0.962. The number of ether oxygens (including phenoxy) is 1. The lowest BCUT2D eigenvalue weighted by molar-refractivity contribution is -0.119. The van der Waals surface area contributed by atoms with Gasteiger partial charge in [-0.1, -0.05) is 71.2 Å². The minimum atomic E-state index is -2.20. The van der Waals surface area contributed by atoms with Crippen molar-refractivity contribution < 1.29 is 14.3 Å². The van der Waals surface area contributed by atoms with Gasteiger partial charge in [-0.3, -0.25) is 10.1 Å². The van der Waals surface area contributed by atoms with Crippen molar-refractivity contribution in [2.75, 3.05) is 6.61 Å². The van der Waals surface area contributed by atoms with Gasteiger partial charge in [0.15, 0.2) is 0 Å². The van der Waals surface area contributed by atoms with E-state index in [1.807, 2.05) is 30.3 Å². The van der Waals surface area contributed by atoms with Gasteiger partial charge in [0.1, 0.15) is 6.61 Å². The molecule has 0 saturated heterocycles. The van der Waals surface area contributed by atoms with Crippen molar-refractivity contribution in [3.63, 3.8) is 0 Å². The highest BCUT2D eigenvalue weighted by molar-refractivity contribution is 6.76. The van der Waals surface area contributed by atoms with Crippen molar-refractivity contribution in [2.24, 2.45) is 0 Å². The minimum Gasteiger partial charge on any atom is -0.445 e. The Labute approximate surface area is 125 Å². The third kappa shape index (κ3) is 6.47. The summed E-state index contributed by atoms with van der Waals surface area (Å²) in [5, 5.41) is 1.79. The fraction of sp³-hybridized carbons (Fsp3) is 0.167. The molecule has 0 fully saturated rings. The molecular weight excluding hydrogens is 312 g/mol. The van der Waals surface area contributed by atoms with Crippen LogP contribution in [0.5, 0.6) is 0 Å². The molecule has 19 heavy (non-hydrogen) atoms. The molecule has 1 rings (SSSR count).